The zero-order chi connectivity index (χ0) is 27.9. The maximum atomic E-state index is 13.8. The smallest absolute Gasteiger partial charge is 0.261 e. The highest BCUT2D eigenvalue weighted by Crippen LogP contribution is 2.24. The summed E-state index contributed by atoms with van der Waals surface area (Å²) in [4.78, 5) is 55.4. The second-order valence-electron chi connectivity index (χ2n) is 9.89. The molecular formula is C31H32ClN3O4. The molecule has 1 N–H and O–H groups in total. The van der Waals surface area contributed by atoms with Crippen LogP contribution in [0.25, 0.3) is 0 Å². The van der Waals surface area contributed by atoms with E-state index < -0.39 is 6.04 Å². The van der Waals surface area contributed by atoms with Gasteiger partial charge in [-0.25, -0.2) is 0 Å². The predicted octanol–water partition coefficient (Wildman–Crippen LogP) is 4.88. The summed E-state index contributed by atoms with van der Waals surface area (Å²) < 4.78 is 0. The van der Waals surface area contributed by atoms with E-state index in [1.807, 2.05) is 62.4 Å². The van der Waals surface area contributed by atoms with Crippen LogP contribution in [0.3, 0.4) is 0 Å². The van der Waals surface area contributed by atoms with E-state index in [-0.39, 0.29) is 55.6 Å². The molecule has 7 nitrogen and oxygen atoms in total. The van der Waals surface area contributed by atoms with Crippen LogP contribution in [0.2, 0.25) is 5.02 Å². The van der Waals surface area contributed by atoms with Gasteiger partial charge in [-0.2, -0.15) is 0 Å². The highest BCUT2D eigenvalue weighted by Gasteiger charge is 2.35. The van der Waals surface area contributed by atoms with Crippen molar-refractivity contribution in [3.63, 3.8) is 0 Å². The molecule has 0 bridgehead atoms. The number of hydrogen-bond donors (Lipinski definition) is 1. The Morgan fingerprint density at radius 2 is 1.46 bits per heavy atom. The average molecular weight is 546 g/mol. The lowest BCUT2D eigenvalue weighted by Gasteiger charge is -2.32. The molecule has 1 atom stereocenters. The van der Waals surface area contributed by atoms with Gasteiger partial charge in [0.15, 0.2) is 0 Å². The van der Waals surface area contributed by atoms with Crippen molar-refractivity contribution in [2.75, 3.05) is 6.54 Å². The number of hydrogen-bond acceptors (Lipinski definition) is 4. The molecule has 0 fully saturated rings. The molecule has 1 aliphatic heterocycles. The van der Waals surface area contributed by atoms with Crippen molar-refractivity contribution in [1.29, 1.82) is 0 Å². The van der Waals surface area contributed by atoms with Crippen molar-refractivity contribution in [1.82, 2.24) is 15.1 Å². The van der Waals surface area contributed by atoms with Crippen molar-refractivity contribution in [3.05, 3.63) is 106 Å². The van der Waals surface area contributed by atoms with Crippen molar-refractivity contribution in [2.45, 2.75) is 51.7 Å². The van der Waals surface area contributed by atoms with Crippen molar-refractivity contribution in [2.24, 2.45) is 0 Å². The largest absolute Gasteiger partial charge is 0.352 e. The van der Waals surface area contributed by atoms with Crippen LogP contribution in [0, 0.1) is 0 Å². The maximum absolute atomic E-state index is 13.8. The summed E-state index contributed by atoms with van der Waals surface area (Å²) in [6.07, 6.45) is 0.652. The lowest BCUT2D eigenvalue weighted by atomic mass is 10.0. The van der Waals surface area contributed by atoms with Gasteiger partial charge >= 0.3 is 0 Å². The molecule has 4 amide bonds. The van der Waals surface area contributed by atoms with Gasteiger partial charge in [0.25, 0.3) is 11.8 Å². The molecular weight excluding hydrogens is 514 g/mol. The molecule has 202 valence electrons. The second-order valence-corrected chi connectivity index (χ2v) is 10.3. The topological polar surface area (TPSA) is 86.8 Å². The van der Waals surface area contributed by atoms with E-state index in [1.54, 1.807) is 35.2 Å². The molecule has 0 aliphatic carbocycles. The molecule has 0 spiro atoms. The number of halogens is 1. The molecule has 1 aliphatic rings. The Kier molecular flexibility index (Phi) is 9.15. The van der Waals surface area contributed by atoms with E-state index in [0.29, 0.717) is 22.6 Å². The van der Waals surface area contributed by atoms with E-state index in [1.165, 1.54) is 4.90 Å². The van der Waals surface area contributed by atoms with E-state index >= 15 is 0 Å². The fraction of sp³-hybridized carbons (Fsp3) is 0.290. The number of carbonyl (C=O) groups is 4. The number of imide groups is 1. The molecule has 4 rings (SSSR count). The summed E-state index contributed by atoms with van der Waals surface area (Å²) in [5.74, 6) is -1.22. The molecule has 0 radical (unpaired) electrons. The van der Waals surface area contributed by atoms with Crippen LogP contribution in [-0.2, 0) is 22.6 Å². The van der Waals surface area contributed by atoms with E-state index in [4.69, 9.17) is 11.6 Å². The fourth-order valence-electron chi connectivity index (χ4n) is 4.72. The predicted molar refractivity (Wildman–Crippen MR) is 150 cm³/mol. The summed E-state index contributed by atoms with van der Waals surface area (Å²) in [6, 6.07) is 22.6. The Morgan fingerprint density at radius 3 is 2.08 bits per heavy atom. The van der Waals surface area contributed by atoms with Gasteiger partial charge in [-0.3, -0.25) is 24.1 Å². The minimum absolute atomic E-state index is 0.0537. The van der Waals surface area contributed by atoms with E-state index in [0.717, 1.165) is 11.1 Å². The highest BCUT2D eigenvalue weighted by atomic mass is 35.5. The van der Waals surface area contributed by atoms with Crippen LogP contribution in [0.15, 0.2) is 78.9 Å². The first kappa shape index (κ1) is 28.0. The van der Waals surface area contributed by atoms with Gasteiger partial charge < -0.3 is 10.2 Å². The van der Waals surface area contributed by atoms with Crippen LogP contribution in [0.1, 0.15) is 58.5 Å². The summed E-state index contributed by atoms with van der Waals surface area (Å²) >= 11 is 6.45. The van der Waals surface area contributed by atoms with Gasteiger partial charge in [0.1, 0.15) is 6.04 Å². The Labute approximate surface area is 233 Å². The SMILES string of the molecule is CC(C)NC(=O)[C@H](Cc1ccccc1)N(Cc1ccccc1Cl)C(=O)CCCN1C(=O)c2ccccc2C1=O. The van der Waals surface area contributed by atoms with Crippen molar-refractivity contribution >= 4 is 35.2 Å². The van der Waals surface area contributed by atoms with Gasteiger partial charge in [-0.1, -0.05) is 72.3 Å². The number of benzene rings is 3. The van der Waals surface area contributed by atoms with Crippen LogP contribution in [-0.4, -0.2) is 52.1 Å². The molecule has 39 heavy (non-hydrogen) atoms. The monoisotopic (exact) mass is 545 g/mol. The third-order valence-electron chi connectivity index (χ3n) is 6.65. The lowest BCUT2D eigenvalue weighted by molar-refractivity contribution is -0.141. The van der Waals surface area contributed by atoms with Crippen LogP contribution in [0.5, 0.6) is 0 Å². The molecule has 0 saturated carbocycles. The van der Waals surface area contributed by atoms with Crippen LogP contribution in [0.4, 0.5) is 0 Å². The van der Waals surface area contributed by atoms with Crippen LogP contribution >= 0.6 is 11.6 Å². The number of nitrogens with zero attached hydrogens (tertiary/aromatic N) is 2. The number of carbonyl (C=O) groups excluding carboxylic acids is 4. The summed E-state index contributed by atoms with van der Waals surface area (Å²) in [5.41, 5.74) is 2.40. The number of fused-ring (bicyclic) bond motifs is 1. The van der Waals surface area contributed by atoms with Gasteiger partial charge in [-0.15, -0.1) is 0 Å². The quantitative estimate of drug-likeness (QED) is 0.348. The third-order valence-corrected chi connectivity index (χ3v) is 7.02. The number of rotatable bonds is 11. The second kappa shape index (κ2) is 12.7. The first-order valence-electron chi connectivity index (χ1n) is 13.1. The normalized spacial score (nSPS) is 13.4. The molecule has 0 aromatic heterocycles. The maximum Gasteiger partial charge on any atom is 0.261 e. The molecule has 1 heterocycles. The van der Waals surface area contributed by atoms with Gasteiger partial charge in [0.05, 0.1) is 11.1 Å². The zero-order valence-corrected chi connectivity index (χ0v) is 22.9. The van der Waals surface area contributed by atoms with E-state index in [2.05, 4.69) is 5.32 Å². The summed E-state index contributed by atoms with van der Waals surface area (Å²) in [7, 11) is 0. The number of nitrogens with one attached hydrogen (secondary N) is 1. The highest BCUT2D eigenvalue weighted by molar-refractivity contribution is 6.31. The standard InChI is InChI=1S/C31H32ClN3O4/c1-21(2)33-29(37)27(19-22-11-4-3-5-12-22)35(20-23-13-6-9-16-26(23)32)28(36)17-10-18-34-30(38)24-14-7-8-15-25(24)31(34)39/h3-9,11-16,21,27H,10,17-20H2,1-2H3,(H,33,37)/t27-/m0/s1. The molecule has 3 aromatic carbocycles. The zero-order valence-electron chi connectivity index (χ0n) is 22.1. The van der Waals surface area contributed by atoms with Crippen molar-refractivity contribution < 1.29 is 19.2 Å². The minimum Gasteiger partial charge on any atom is -0.352 e. The first-order valence-corrected chi connectivity index (χ1v) is 13.5. The Hall–Kier alpha value is -3.97. The minimum atomic E-state index is -0.780. The Morgan fingerprint density at radius 1 is 0.872 bits per heavy atom. The summed E-state index contributed by atoms with van der Waals surface area (Å²) in [6.45, 7) is 4.01. The van der Waals surface area contributed by atoms with Gasteiger partial charge in [0.2, 0.25) is 11.8 Å². The number of amides is 4. The molecule has 0 unspecified atom stereocenters. The Bertz CT molecular complexity index is 1320. The Balaban J connectivity index is 1.55. The average Bonchev–Trinajstić information content (AvgIpc) is 3.16. The lowest BCUT2D eigenvalue weighted by Crippen LogP contribution is -2.51. The van der Waals surface area contributed by atoms with Gasteiger partial charge in [0, 0.05) is 37.0 Å². The first-order chi connectivity index (χ1) is 18.8. The molecule has 8 heteroatoms. The van der Waals surface area contributed by atoms with Crippen molar-refractivity contribution in [3.8, 4) is 0 Å². The summed E-state index contributed by atoms with van der Waals surface area (Å²) in [5, 5.41) is 3.46. The molecule has 3 aromatic rings. The van der Waals surface area contributed by atoms with Crippen LogP contribution < -0.4 is 5.32 Å². The van der Waals surface area contributed by atoms with Gasteiger partial charge in [-0.05, 0) is 49.6 Å². The third kappa shape index (κ3) is 6.73. The van der Waals surface area contributed by atoms with E-state index in [9.17, 15) is 19.2 Å². The molecule has 0 saturated heterocycles. The fourth-order valence-corrected chi connectivity index (χ4v) is 4.91.